The summed E-state index contributed by atoms with van der Waals surface area (Å²) in [4.78, 5) is 14.9. The number of nitriles is 1. The smallest absolute Gasteiger partial charge is 0.243 e. The van der Waals surface area contributed by atoms with Crippen molar-refractivity contribution in [2.75, 3.05) is 32.8 Å². The Labute approximate surface area is 146 Å². The fraction of sp³-hybridized carbons (Fsp3) is 0.895. The van der Waals surface area contributed by atoms with Crippen LogP contribution in [0.4, 0.5) is 0 Å². The Balaban J connectivity index is 2.02. The van der Waals surface area contributed by atoms with Gasteiger partial charge in [-0.3, -0.25) is 4.79 Å². The molecule has 2 saturated heterocycles. The minimum atomic E-state index is -0.821. The van der Waals surface area contributed by atoms with Gasteiger partial charge in [0.05, 0.1) is 6.07 Å². The first-order valence-electron chi connectivity index (χ1n) is 9.22. The van der Waals surface area contributed by atoms with Gasteiger partial charge >= 0.3 is 0 Å². The van der Waals surface area contributed by atoms with Gasteiger partial charge in [0.25, 0.3) is 0 Å². The first-order chi connectivity index (χ1) is 11.2. The number of aliphatic hydroxyl groups excluding tert-OH is 1. The number of nitrogens with zero attached hydrogens (tertiary/aromatic N) is 2. The molecule has 0 unspecified atom stereocenters. The average molecular weight is 335 g/mol. The molecule has 2 aliphatic heterocycles. The molecule has 2 aliphatic rings. The number of piperidine rings is 2. The van der Waals surface area contributed by atoms with Gasteiger partial charge in [0.1, 0.15) is 5.41 Å². The second-order valence-electron chi connectivity index (χ2n) is 8.77. The van der Waals surface area contributed by atoms with E-state index in [1.165, 1.54) is 0 Å². The van der Waals surface area contributed by atoms with Crippen LogP contribution in [-0.2, 0) is 4.79 Å². The number of hydrogen-bond acceptors (Lipinski definition) is 4. The Hall–Kier alpha value is -1.12. The number of hydrogen-bond donors (Lipinski definition) is 2. The first-order valence-corrected chi connectivity index (χ1v) is 9.22. The molecule has 0 saturated carbocycles. The molecule has 5 nitrogen and oxygen atoms in total. The molecular weight excluding hydrogens is 302 g/mol. The Bertz CT molecular complexity index is 493. The third-order valence-corrected chi connectivity index (χ3v) is 7.02. The van der Waals surface area contributed by atoms with E-state index in [-0.39, 0.29) is 23.3 Å². The quantitative estimate of drug-likeness (QED) is 0.825. The normalized spacial score (nSPS) is 22.9. The third kappa shape index (κ3) is 3.32. The number of rotatable bonds is 4. The van der Waals surface area contributed by atoms with Crippen molar-refractivity contribution >= 4 is 5.91 Å². The van der Waals surface area contributed by atoms with Gasteiger partial charge in [-0.2, -0.15) is 5.26 Å². The van der Waals surface area contributed by atoms with E-state index in [0.717, 1.165) is 39.0 Å². The molecule has 2 heterocycles. The van der Waals surface area contributed by atoms with E-state index >= 15 is 0 Å². The van der Waals surface area contributed by atoms with E-state index in [2.05, 4.69) is 39.1 Å². The summed E-state index contributed by atoms with van der Waals surface area (Å²) in [7, 11) is 0. The summed E-state index contributed by atoms with van der Waals surface area (Å²) >= 11 is 0. The lowest BCUT2D eigenvalue weighted by Crippen LogP contribution is -2.52. The molecule has 24 heavy (non-hydrogen) atoms. The summed E-state index contributed by atoms with van der Waals surface area (Å²) in [6, 6.07) is 2.33. The Kier molecular flexibility index (Phi) is 5.61. The van der Waals surface area contributed by atoms with Crippen molar-refractivity contribution in [3.8, 4) is 6.07 Å². The van der Waals surface area contributed by atoms with Crippen LogP contribution >= 0.6 is 0 Å². The fourth-order valence-electron chi connectivity index (χ4n) is 4.09. The maximum atomic E-state index is 13.0. The SMILES string of the molecule is CC(C)(CO)C(C)(C)C1CCN(C(=O)C2(C#N)CCNCC2)CC1. The molecule has 0 radical (unpaired) electrons. The number of carbonyl (C=O) groups excluding carboxylic acids is 1. The van der Waals surface area contributed by atoms with E-state index in [1.54, 1.807) is 0 Å². The molecule has 0 aromatic carbocycles. The summed E-state index contributed by atoms with van der Waals surface area (Å²) < 4.78 is 0. The number of aliphatic hydroxyl groups is 1. The maximum absolute atomic E-state index is 13.0. The van der Waals surface area contributed by atoms with Crippen molar-refractivity contribution in [3.05, 3.63) is 0 Å². The van der Waals surface area contributed by atoms with Gasteiger partial charge in [-0.25, -0.2) is 0 Å². The molecule has 136 valence electrons. The fourth-order valence-corrected chi connectivity index (χ4v) is 4.09. The number of likely N-dealkylation sites (tertiary alicyclic amines) is 1. The molecule has 0 bridgehead atoms. The van der Waals surface area contributed by atoms with Crippen molar-refractivity contribution in [2.24, 2.45) is 22.2 Å². The van der Waals surface area contributed by atoms with Gasteiger partial charge in [-0.05, 0) is 55.5 Å². The van der Waals surface area contributed by atoms with Crippen LogP contribution in [0.25, 0.3) is 0 Å². The molecule has 2 N–H and O–H groups in total. The van der Waals surface area contributed by atoms with Crippen molar-refractivity contribution in [3.63, 3.8) is 0 Å². The summed E-state index contributed by atoms with van der Waals surface area (Å²) in [5.41, 5.74) is -0.955. The number of nitrogens with one attached hydrogen (secondary N) is 1. The lowest BCUT2D eigenvalue weighted by atomic mass is 9.59. The summed E-state index contributed by atoms with van der Waals surface area (Å²) in [6.45, 7) is 11.8. The van der Waals surface area contributed by atoms with Crippen LogP contribution in [0.5, 0.6) is 0 Å². The number of carbonyl (C=O) groups is 1. The molecule has 5 heteroatoms. The largest absolute Gasteiger partial charge is 0.396 e. The molecule has 0 atom stereocenters. The summed E-state index contributed by atoms with van der Waals surface area (Å²) in [5.74, 6) is 0.513. The molecule has 0 aromatic heterocycles. The van der Waals surface area contributed by atoms with Gasteiger partial charge in [-0.1, -0.05) is 27.7 Å². The zero-order valence-electron chi connectivity index (χ0n) is 15.7. The maximum Gasteiger partial charge on any atom is 0.243 e. The van der Waals surface area contributed by atoms with Gasteiger partial charge < -0.3 is 15.3 Å². The van der Waals surface area contributed by atoms with Crippen LogP contribution in [0.3, 0.4) is 0 Å². The van der Waals surface area contributed by atoms with Gasteiger partial charge in [0, 0.05) is 19.7 Å². The molecular formula is C19H33N3O2. The lowest BCUT2D eigenvalue weighted by Gasteiger charge is -2.49. The summed E-state index contributed by atoms with van der Waals surface area (Å²) in [6.07, 6.45) is 3.13. The van der Waals surface area contributed by atoms with Crippen molar-refractivity contribution in [1.29, 1.82) is 5.26 Å². The predicted molar refractivity (Wildman–Crippen MR) is 94.1 cm³/mol. The number of amides is 1. The van der Waals surface area contributed by atoms with E-state index in [0.29, 0.717) is 18.8 Å². The van der Waals surface area contributed by atoms with E-state index in [4.69, 9.17) is 0 Å². The van der Waals surface area contributed by atoms with Crippen LogP contribution < -0.4 is 5.32 Å². The van der Waals surface area contributed by atoms with E-state index < -0.39 is 5.41 Å². The summed E-state index contributed by atoms with van der Waals surface area (Å²) in [5, 5.41) is 22.6. The van der Waals surface area contributed by atoms with Gasteiger partial charge in [0.2, 0.25) is 5.91 Å². The van der Waals surface area contributed by atoms with Gasteiger partial charge in [-0.15, -0.1) is 0 Å². The van der Waals surface area contributed by atoms with E-state index in [1.807, 2.05) is 4.90 Å². The zero-order valence-corrected chi connectivity index (χ0v) is 15.7. The minimum absolute atomic E-state index is 0.0125. The Morgan fingerprint density at radius 1 is 1.25 bits per heavy atom. The molecule has 1 amide bonds. The Morgan fingerprint density at radius 2 is 1.79 bits per heavy atom. The standard InChI is InChI=1S/C19H33N3O2/c1-17(2,14-23)18(3,4)15-5-11-22(12-6-15)16(24)19(13-20)7-9-21-10-8-19/h15,21,23H,5-12,14H2,1-4H3. The molecule has 2 fully saturated rings. The van der Waals surface area contributed by atoms with Crippen LogP contribution in [-0.4, -0.2) is 48.7 Å². The molecule has 0 spiro atoms. The highest BCUT2D eigenvalue weighted by atomic mass is 16.3. The van der Waals surface area contributed by atoms with Crippen molar-refractivity contribution < 1.29 is 9.90 Å². The molecule has 2 rings (SSSR count). The van der Waals surface area contributed by atoms with Crippen LogP contribution in [0.2, 0.25) is 0 Å². The third-order valence-electron chi connectivity index (χ3n) is 7.02. The Morgan fingerprint density at radius 3 is 2.25 bits per heavy atom. The lowest BCUT2D eigenvalue weighted by molar-refractivity contribution is -0.143. The van der Waals surface area contributed by atoms with Crippen molar-refractivity contribution in [2.45, 2.75) is 53.4 Å². The highest BCUT2D eigenvalue weighted by Gasteiger charge is 2.47. The second-order valence-corrected chi connectivity index (χ2v) is 8.77. The molecule has 0 aromatic rings. The van der Waals surface area contributed by atoms with Crippen molar-refractivity contribution in [1.82, 2.24) is 10.2 Å². The monoisotopic (exact) mass is 335 g/mol. The highest BCUT2D eigenvalue weighted by Crippen LogP contribution is 2.48. The second kappa shape index (κ2) is 7.01. The van der Waals surface area contributed by atoms with Crippen LogP contribution in [0.15, 0.2) is 0 Å². The predicted octanol–water partition coefficient (Wildman–Crippen LogP) is 2.16. The topological polar surface area (TPSA) is 76.4 Å². The van der Waals surface area contributed by atoms with E-state index in [9.17, 15) is 15.2 Å². The van der Waals surface area contributed by atoms with Gasteiger partial charge in [0.15, 0.2) is 0 Å². The van der Waals surface area contributed by atoms with Crippen LogP contribution in [0.1, 0.15) is 53.4 Å². The first kappa shape index (κ1) is 19.2. The van der Waals surface area contributed by atoms with Crippen LogP contribution in [0, 0.1) is 33.5 Å². The highest BCUT2D eigenvalue weighted by molar-refractivity contribution is 5.85. The average Bonchev–Trinajstić information content (AvgIpc) is 2.61. The minimum Gasteiger partial charge on any atom is -0.396 e. The molecule has 0 aliphatic carbocycles. The zero-order chi connectivity index (χ0) is 18.0.